The molecule has 0 aliphatic rings. The number of hydrogen-bond donors (Lipinski definition) is 1. The maximum absolute atomic E-state index is 13.2. The monoisotopic (exact) mass is 465 g/mol. The fraction of sp³-hybridized carbons (Fsp3) is 0.143. The molecular formula is C14H11Br3FNO. The van der Waals surface area contributed by atoms with Gasteiger partial charge in [-0.05, 0) is 83.7 Å². The molecule has 2 aromatic rings. The third-order valence-corrected chi connectivity index (χ3v) is 4.46. The molecule has 0 aliphatic carbocycles. The van der Waals surface area contributed by atoms with Crippen LogP contribution in [-0.4, -0.2) is 7.11 Å². The van der Waals surface area contributed by atoms with Gasteiger partial charge in [-0.15, -0.1) is 0 Å². The molecule has 0 aromatic heterocycles. The Labute approximate surface area is 142 Å². The zero-order chi connectivity index (χ0) is 14.7. The molecule has 1 N–H and O–H groups in total. The van der Waals surface area contributed by atoms with Crippen LogP contribution in [0.3, 0.4) is 0 Å². The zero-order valence-electron chi connectivity index (χ0n) is 10.5. The summed E-state index contributed by atoms with van der Waals surface area (Å²) in [7, 11) is 1.62. The van der Waals surface area contributed by atoms with E-state index < -0.39 is 0 Å². The molecule has 20 heavy (non-hydrogen) atoms. The fourth-order valence-corrected chi connectivity index (χ4v) is 3.70. The molecule has 0 fully saturated rings. The summed E-state index contributed by atoms with van der Waals surface area (Å²) in [5.41, 5.74) is 1.92. The molecule has 0 radical (unpaired) electrons. The summed E-state index contributed by atoms with van der Waals surface area (Å²) in [6, 6.07) is 8.80. The quantitative estimate of drug-likeness (QED) is 0.619. The number of rotatable bonds is 4. The van der Waals surface area contributed by atoms with Gasteiger partial charge in [0.2, 0.25) is 0 Å². The Morgan fingerprint density at radius 1 is 1.05 bits per heavy atom. The van der Waals surface area contributed by atoms with E-state index in [0.29, 0.717) is 11.0 Å². The molecule has 6 heteroatoms. The van der Waals surface area contributed by atoms with Crippen LogP contribution in [0.5, 0.6) is 5.75 Å². The van der Waals surface area contributed by atoms with Crippen molar-refractivity contribution in [1.82, 2.24) is 0 Å². The molecule has 0 bridgehead atoms. The second-order valence-corrected chi connectivity index (χ2v) is 6.64. The van der Waals surface area contributed by atoms with Gasteiger partial charge < -0.3 is 10.1 Å². The first kappa shape index (κ1) is 15.8. The normalized spacial score (nSPS) is 10.4. The lowest BCUT2D eigenvalue weighted by molar-refractivity contribution is 0.409. The molecule has 0 heterocycles. The van der Waals surface area contributed by atoms with Gasteiger partial charge in [0, 0.05) is 12.2 Å². The van der Waals surface area contributed by atoms with E-state index in [-0.39, 0.29) is 5.82 Å². The first-order valence-electron chi connectivity index (χ1n) is 5.72. The van der Waals surface area contributed by atoms with Gasteiger partial charge >= 0.3 is 0 Å². The standard InChI is InChI=1S/C14H11Br3FNO/c1-20-14-11(16)4-8(5-12(14)17)7-19-9-2-3-13(18)10(15)6-9/h2-6,19H,7H2,1H3. The van der Waals surface area contributed by atoms with E-state index in [1.165, 1.54) is 6.07 Å². The largest absolute Gasteiger partial charge is 0.494 e. The van der Waals surface area contributed by atoms with Crippen LogP contribution in [-0.2, 0) is 6.54 Å². The van der Waals surface area contributed by atoms with Crippen molar-refractivity contribution in [2.24, 2.45) is 0 Å². The summed E-state index contributed by atoms with van der Waals surface area (Å²) < 4.78 is 20.6. The Balaban J connectivity index is 2.13. The van der Waals surface area contributed by atoms with Crippen molar-refractivity contribution in [3.63, 3.8) is 0 Å². The van der Waals surface area contributed by atoms with Crippen molar-refractivity contribution in [3.8, 4) is 5.75 Å². The highest BCUT2D eigenvalue weighted by Crippen LogP contribution is 2.34. The van der Waals surface area contributed by atoms with Crippen LogP contribution in [0.4, 0.5) is 10.1 Å². The minimum absolute atomic E-state index is 0.273. The van der Waals surface area contributed by atoms with Crippen LogP contribution >= 0.6 is 47.8 Å². The molecule has 2 nitrogen and oxygen atoms in total. The molecule has 0 spiro atoms. The maximum atomic E-state index is 13.2. The molecule has 106 valence electrons. The van der Waals surface area contributed by atoms with Crippen LogP contribution < -0.4 is 10.1 Å². The van der Waals surface area contributed by atoms with E-state index >= 15 is 0 Å². The number of halogens is 4. The molecule has 0 atom stereocenters. The highest BCUT2D eigenvalue weighted by atomic mass is 79.9. The summed E-state index contributed by atoms with van der Waals surface area (Å²) in [4.78, 5) is 0. The van der Waals surface area contributed by atoms with E-state index in [4.69, 9.17) is 4.74 Å². The average molecular weight is 468 g/mol. The van der Waals surface area contributed by atoms with Crippen molar-refractivity contribution >= 4 is 53.5 Å². The van der Waals surface area contributed by atoms with Gasteiger partial charge in [-0.2, -0.15) is 0 Å². The number of anilines is 1. The third-order valence-electron chi connectivity index (χ3n) is 2.68. The number of hydrogen-bond acceptors (Lipinski definition) is 2. The first-order valence-corrected chi connectivity index (χ1v) is 8.10. The topological polar surface area (TPSA) is 21.3 Å². The van der Waals surface area contributed by atoms with Crippen molar-refractivity contribution in [3.05, 3.63) is 55.1 Å². The molecule has 0 saturated heterocycles. The lowest BCUT2D eigenvalue weighted by Crippen LogP contribution is -2.00. The van der Waals surface area contributed by atoms with Gasteiger partial charge in [0.05, 0.1) is 20.5 Å². The number of benzene rings is 2. The molecule has 0 amide bonds. The van der Waals surface area contributed by atoms with Crippen LogP contribution in [0, 0.1) is 5.82 Å². The lowest BCUT2D eigenvalue weighted by atomic mass is 10.2. The lowest BCUT2D eigenvalue weighted by Gasteiger charge is -2.11. The van der Waals surface area contributed by atoms with Gasteiger partial charge in [-0.3, -0.25) is 0 Å². The fourth-order valence-electron chi connectivity index (χ4n) is 1.72. The predicted molar refractivity (Wildman–Crippen MR) is 89.8 cm³/mol. The van der Waals surface area contributed by atoms with Crippen LogP contribution in [0.2, 0.25) is 0 Å². The Hall–Kier alpha value is -0.590. The number of methoxy groups -OCH3 is 1. The van der Waals surface area contributed by atoms with E-state index in [0.717, 1.165) is 25.9 Å². The molecular weight excluding hydrogens is 457 g/mol. The summed E-state index contributed by atoms with van der Waals surface area (Å²) >= 11 is 10.1. The molecule has 0 unspecified atom stereocenters. The van der Waals surface area contributed by atoms with Crippen LogP contribution in [0.1, 0.15) is 5.56 Å². The Morgan fingerprint density at radius 2 is 1.70 bits per heavy atom. The van der Waals surface area contributed by atoms with Gasteiger partial charge in [0.25, 0.3) is 0 Å². The maximum Gasteiger partial charge on any atom is 0.147 e. The number of ether oxygens (including phenoxy) is 1. The number of nitrogens with one attached hydrogen (secondary N) is 1. The summed E-state index contributed by atoms with van der Waals surface area (Å²) in [6.45, 7) is 0.624. The SMILES string of the molecule is COc1c(Br)cc(CNc2ccc(F)c(Br)c2)cc1Br. The molecule has 2 aromatic carbocycles. The van der Waals surface area contributed by atoms with Crippen molar-refractivity contribution in [2.45, 2.75) is 6.54 Å². The molecule has 0 saturated carbocycles. The minimum Gasteiger partial charge on any atom is -0.494 e. The average Bonchev–Trinajstić information content (AvgIpc) is 2.40. The van der Waals surface area contributed by atoms with Gasteiger partial charge in [0.1, 0.15) is 11.6 Å². The highest BCUT2D eigenvalue weighted by molar-refractivity contribution is 9.11. The second-order valence-electron chi connectivity index (χ2n) is 4.08. The molecule has 0 aliphatic heterocycles. The van der Waals surface area contributed by atoms with E-state index in [2.05, 4.69) is 53.1 Å². The molecule has 2 rings (SSSR count). The Bertz CT molecular complexity index is 611. The van der Waals surface area contributed by atoms with E-state index in [1.54, 1.807) is 19.2 Å². The van der Waals surface area contributed by atoms with Gasteiger partial charge in [-0.1, -0.05) is 0 Å². The second kappa shape index (κ2) is 6.91. The predicted octanol–water partition coefficient (Wildman–Crippen LogP) is 5.73. The smallest absolute Gasteiger partial charge is 0.147 e. The summed E-state index contributed by atoms with van der Waals surface area (Å²) in [5, 5.41) is 3.24. The van der Waals surface area contributed by atoms with Crippen molar-refractivity contribution in [1.29, 1.82) is 0 Å². The van der Waals surface area contributed by atoms with Gasteiger partial charge in [-0.25, -0.2) is 4.39 Å². The van der Waals surface area contributed by atoms with Crippen LogP contribution in [0.25, 0.3) is 0 Å². The minimum atomic E-state index is -0.273. The van der Waals surface area contributed by atoms with E-state index in [1.807, 2.05) is 12.1 Å². The first-order chi connectivity index (χ1) is 9.51. The van der Waals surface area contributed by atoms with Crippen molar-refractivity contribution in [2.75, 3.05) is 12.4 Å². The third kappa shape index (κ3) is 3.74. The Kier molecular flexibility index (Phi) is 5.46. The highest BCUT2D eigenvalue weighted by Gasteiger charge is 2.08. The summed E-state index contributed by atoms with van der Waals surface area (Å²) in [5.74, 6) is 0.490. The van der Waals surface area contributed by atoms with E-state index in [9.17, 15) is 4.39 Å². The van der Waals surface area contributed by atoms with Crippen LogP contribution in [0.15, 0.2) is 43.7 Å². The Morgan fingerprint density at radius 3 is 2.25 bits per heavy atom. The zero-order valence-corrected chi connectivity index (χ0v) is 15.3. The van der Waals surface area contributed by atoms with Gasteiger partial charge in [0.15, 0.2) is 0 Å². The summed E-state index contributed by atoms with van der Waals surface area (Å²) in [6.07, 6.45) is 0. The van der Waals surface area contributed by atoms with Crippen molar-refractivity contribution < 1.29 is 9.13 Å².